The van der Waals surface area contributed by atoms with Crippen LogP contribution in [0, 0.1) is 13.8 Å². The lowest BCUT2D eigenvalue weighted by Gasteiger charge is -2.10. The van der Waals surface area contributed by atoms with Crippen molar-refractivity contribution < 1.29 is 9.59 Å². The van der Waals surface area contributed by atoms with Gasteiger partial charge in [-0.2, -0.15) is 0 Å². The van der Waals surface area contributed by atoms with E-state index in [-0.39, 0.29) is 5.91 Å². The predicted molar refractivity (Wildman–Crippen MR) is 75.7 cm³/mol. The minimum absolute atomic E-state index is 0.130. The first-order valence-corrected chi connectivity index (χ1v) is 6.04. The third-order valence-corrected chi connectivity index (χ3v) is 3.01. The summed E-state index contributed by atoms with van der Waals surface area (Å²) in [6.07, 6.45) is 0.775. The van der Waals surface area contributed by atoms with Gasteiger partial charge in [-0.15, -0.1) is 0 Å². The lowest BCUT2D eigenvalue weighted by atomic mass is 10.0. The summed E-state index contributed by atoms with van der Waals surface area (Å²) in [4.78, 5) is 22.8. The molecule has 0 atom stereocenters. The van der Waals surface area contributed by atoms with Crippen LogP contribution in [0.1, 0.15) is 31.8 Å². The molecule has 0 saturated heterocycles. The van der Waals surface area contributed by atoms with Gasteiger partial charge in [0.15, 0.2) is 0 Å². The molecule has 0 saturated carbocycles. The highest BCUT2D eigenvalue weighted by molar-refractivity contribution is 6.06. The third kappa shape index (κ3) is 2.88. The molecule has 0 aromatic heterocycles. The highest BCUT2D eigenvalue weighted by atomic mass is 16.1. The van der Waals surface area contributed by atoms with Gasteiger partial charge in [-0.25, -0.2) is 0 Å². The Bertz CT molecular complexity index is 595. The molecule has 1 amide bonds. The Labute approximate surface area is 112 Å². The Morgan fingerprint density at radius 1 is 1.00 bits per heavy atom. The molecule has 1 N–H and O–H groups in total. The molecule has 0 heterocycles. The van der Waals surface area contributed by atoms with Crippen molar-refractivity contribution in [2.24, 2.45) is 0 Å². The first-order chi connectivity index (χ1) is 9.11. The van der Waals surface area contributed by atoms with E-state index in [1.807, 2.05) is 32.0 Å². The van der Waals surface area contributed by atoms with Crippen molar-refractivity contribution in [3.05, 3.63) is 64.7 Å². The van der Waals surface area contributed by atoms with Gasteiger partial charge in [-0.1, -0.05) is 18.2 Å². The quantitative estimate of drug-likeness (QED) is 0.852. The summed E-state index contributed by atoms with van der Waals surface area (Å²) in [5, 5.41) is 2.84. The minimum Gasteiger partial charge on any atom is -0.322 e. The van der Waals surface area contributed by atoms with Gasteiger partial charge in [0.25, 0.3) is 5.91 Å². The Morgan fingerprint density at radius 2 is 1.58 bits per heavy atom. The van der Waals surface area contributed by atoms with Crippen LogP contribution < -0.4 is 5.32 Å². The van der Waals surface area contributed by atoms with Crippen LogP contribution in [0.15, 0.2) is 42.5 Å². The van der Waals surface area contributed by atoms with Crippen LogP contribution in [0.25, 0.3) is 0 Å². The van der Waals surface area contributed by atoms with E-state index in [0.717, 1.165) is 17.4 Å². The fourth-order valence-corrected chi connectivity index (χ4v) is 2.01. The van der Waals surface area contributed by atoms with Crippen LogP contribution in [0.5, 0.6) is 0 Å². The number of nitrogens with one attached hydrogen (secondary N) is 1. The molecule has 0 spiro atoms. The lowest BCUT2D eigenvalue weighted by Crippen LogP contribution is -2.14. The maximum atomic E-state index is 12.2. The van der Waals surface area contributed by atoms with Crippen molar-refractivity contribution in [3.8, 4) is 0 Å². The highest BCUT2D eigenvalue weighted by Gasteiger charge is 2.11. The van der Waals surface area contributed by atoms with Crippen LogP contribution in [0.4, 0.5) is 5.69 Å². The van der Waals surface area contributed by atoms with Crippen molar-refractivity contribution in [1.82, 2.24) is 0 Å². The van der Waals surface area contributed by atoms with E-state index in [4.69, 9.17) is 0 Å². The first kappa shape index (κ1) is 13.0. The molecule has 3 heteroatoms. The zero-order valence-electron chi connectivity index (χ0n) is 10.9. The molecular weight excluding hydrogens is 238 g/mol. The third-order valence-electron chi connectivity index (χ3n) is 3.01. The second-order valence-corrected chi connectivity index (χ2v) is 4.46. The summed E-state index contributed by atoms with van der Waals surface area (Å²) in [6, 6.07) is 12.5. The maximum Gasteiger partial charge on any atom is 0.256 e. The van der Waals surface area contributed by atoms with E-state index >= 15 is 0 Å². The van der Waals surface area contributed by atoms with Crippen molar-refractivity contribution in [1.29, 1.82) is 0 Å². The van der Waals surface area contributed by atoms with Crippen molar-refractivity contribution in [3.63, 3.8) is 0 Å². The van der Waals surface area contributed by atoms with E-state index in [9.17, 15) is 9.59 Å². The summed E-state index contributed by atoms with van der Waals surface area (Å²) in [5.41, 5.74) is 3.86. The largest absolute Gasteiger partial charge is 0.322 e. The fraction of sp³-hybridized carbons (Fsp3) is 0.125. The van der Waals surface area contributed by atoms with E-state index in [0.29, 0.717) is 16.8 Å². The van der Waals surface area contributed by atoms with Gasteiger partial charge < -0.3 is 5.32 Å². The highest BCUT2D eigenvalue weighted by Crippen LogP contribution is 2.16. The predicted octanol–water partition coefficient (Wildman–Crippen LogP) is 3.37. The zero-order valence-corrected chi connectivity index (χ0v) is 10.9. The average Bonchev–Trinajstić information content (AvgIpc) is 2.39. The standard InChI is InChI=1S/C16H15NO2/c1-11-4-3-5-12(2)15(11)16(19)17-14-8-6-13(10-18)7-9-14/h3-10H,1-2H3,(H,17,19). The fourth-order valence-electron chi connectivity index (χ4n) is 2.01. The summed E-state index contributed by atoms with van der Waals surface area (Å²) >= 11 is 0. The molecule has 2 aromatic carbocycles. The summed E-state index contributed by atoms with van der Waals surface area (Å²) < 4.78 is 0. The van der Waals surface area contributed by atoms with E-state index in [1.165, 1.54) is 0 Å². The van der Waals surface area contributed by atoms with Crippen LogP contribution >= 0.6 is 0 Å². The topological polar surface area (TPSA) is 46.2 Å². The van der Waals surface area contributed by atoms with Gasteiger partial charge in [0.05, 0.1) is 0 Å². The van der Waals surface area contributed by atoms with Crippen LogP contribution in [0.3, 0.4) is 0 Å². The number of carbonyl (C=O) groups excluding carboxylic acids is 2. The first-order valence-electron chi connectivity index (χ1n) is 6.04. The zero-order chi connectivity index (χ0) is 13.8. The SMILES string of the molecule is Cc1cccc(C)c1C(=O)Nc1ccc(C=O)cc1. The van der Waals surface area contributed by atoms with E-state index < -0.39 is 0 Å². The second kappa shape index (κ2) is 5.48. The van der Waals surface area contributed by atoms with Crippen LogP contribution in [-0.4, -0.2) is 12.2 Å². The number of amides is 1. The van der Waals surface area contributed by atoms with Gasteiger partial charge in [0.1, 0.15) is 6.29 Å². The number of benzene rings is 2. The molecule has 0 radical (unpaired) electrons. The van der Waals surface area contributed by atoms with Gasteiger partial charge in [0, 0.05) is 16.8 Å². The number of aldehydes is 1. The molecule has 3 nitrogen and oxygen atoms in total. The smallest absolute Gasteiger partial charge is 0.256 e. The normalized spacial score (nSPS) is 10.0. The maximum absolute atomic E-state index is 12.2. The monoisotopic (exact) mass is 253 g/mol. The number of rotatable bonds is 3. The molecule has 0 aliphatic rings. The molecule has 0 aliphatic heterocycles. The van der Waals surface area contributed by atoms with Gasteiger partial charge >= 0.3 is 0 Å². The molecule has 0 fully saturated rings. The molecule has 19 heavy (non-hydrogen) atoms. The molecule has 96 valence electrons. The van der Waals surface area contributed by atoms with Crippen LogP contribution in [0.2, 0.25) is 0 Å². The van der Waals surface area contributed by atoms with Gasteiger partial charge in [-0.05, 0) is 49.2 Å². The molecular formula is C16H15NO2. The second-order valence-electron chi connectivity index (χ2n) is 4.46. The Kier molecular flexibility index (Phi) is 3.76. The number of hydrogen-bond donors (Lipinski definition) is 1. The van der Waals surface area contributed by atoms with Crippen LogP contribution in [-0.2, 0) is 0 Å². The number of anilines is 1. The number of carbonyl (C=O) groups is 2. The van der Waals surface area contributed by atoms with Gasteiger partial charge in [-0.3, -0.25) is 9.59 Å². The Balaban J connectivity index is 2.23. The Morgan fingerprint density at radius 3 is 2.11 bits per heavy atom. The molecule has 2 aromatic rings. The average molecular weight is 253 g/mol. The van der Waals surface area contributed by atoms with E-state index in [1.54, 1.807) is 24.3 Å². The molecule has 0 bridgehead atoms. The Hall–Kier alpha value is -2.42. The summed E-state index contributed by atoms with van der Waals surface area (Å²) in [7, 11) is 0. The van der Waals surface area contributed by atoms with Crippen molar-refractivity contribution >= 4 is 17.9 Å². The molecule has 0 aliphatic carbocycles. The lowest BCUT2D eigenvalue weighted by molar-refractivity contribution is 0.102. The number of aryl methyl sites for hydroxylation is 2. The van der Waals surface area contributed by atoms with Crippen molar-refractivity contribution in [2.75, 3.05) is 5.32 Å². The number of hydrogen-bond acceptors (Lipinski definition) is 2. The summed E-state index contributed by atoms with van der Waals surface area (Å²) in [6.45, 7) is 3.83. The minimum atomic E-state index is -0.130. The van der Waals surface area contributed by atoms with E-state index in [2.05, 4.69) is 5.32 Å². The molecule has 0 unspecified atom stereocenters. The molecule has 2 rings (SSSR count). The van der Waals surface area contributed by atoms with Crippen molar-refractivity contribution in [2.45, 2.75) is 13.8 Å². The summed E-state index contributed by atoms with van der Waals surface area (Å²) in [5.74, 6) is -0.130. The van der Waals surface area contributed by atoms with Gasteiger partial charge in [0.2, 0.25) is 0 Å².